The maximum absolute atomic E-state index is 13.4. The summed E-state index contributed by atoms with van der Waals surface area (Å²) in [4.78, 5) is 24.5. The second-order valence-corrected chi connectivity index (χ2v) is 6.75. The van der Waals surface area contributed by atoms with Crippen LogP contribution in [0.15, 0.2) is 54.6 Å². The Bertz CT molecular complexity index is 1090. The Morgan fingerprint density at radius 1 is 1.19 bits per heavy atom. The monoisotopic (exact) mass is 445 g/mol. The van der Waals surface area contributed by atoms with Crippen LogP contribution in [0.3, 0.4) is 0 Å². The molecule has 0 saturated carbocycles. The van der Waals surface area contributed by atoms with Gasteiger partial charge in [0.1, 0.15) is 11.5 Å². The Balaban J connectivity index is 1.81. The van der Waals surface area contributed by atoms with Crippen molar-refractivity contribution in [3.63, 3.8) is 0 Å². The van der Waals surface area contributed by atoms with E-state index in [1.807, 2.05) is 6.92 Å². The molecule has 1 amide bonds. The summed E-state index contributed by atoms with van der Waals surface area (Å²) in [5.41, 5.74) is 1.08. The van der Waals surface area contributed by atoms with Gasteiger partial charge in [0, 0.05) is 24.1 Å². The molecule has 32 heavy (non-hydrogen) atoms. The third-order valence-corrected chi connectivity index (χ3v) is 4.63. The number of likely N-dealkylation sites (N-methyl/N-ethyl adjacent to an activating group) is 1. The molecule has 0 aliphatic rings. The highest BCUT2D eigenvalue weighted by Gasteiger charge is 2.30. The van der Waals surface area contributed by atoms with Gasteiger partial charge >= 0.3 is 6.18 Å². The number of nitrogens with zero attached hydrogens (tertiary/aromatic N) is 6. The summed E-state index contributed by atoms with van der Waals surface area (Å²) in [5.74, 6) is -0.0882. The maximum Gasteiger partial charge on any atom is 0.417 e. The Morgan fingerprint density at radius 3 is 2.47 bits per heavy atom. The number of allylic oxidation sites excluding steroid dienone is 1. The van der Waals surface area contributed by atoms with Crippen molar-refractivity contribution >= 4 is 11.7 Å². The zero-order chi connectivity index (χ0) is 23.3. The predicted octanol–water partition coefficient (Wildman–Crippen LogP) is 3.86. The third-order valence-electron chi connectivity index (χ3n) is 4.63. The summed E-state index contributed by atoms with van der Waals surface area (Å²) in [6.07, 6.45) is 1.07. The predicted molar refractivity (Wildman–Crippen MR) is 112 cm³/mol. The molecule has 3 rings (SSSR count). The number of rotatable bonds is 7. The highest BCUT2D eigenvalue weighted by atomic mass is 19.4. The molecular formula is C21H22F3N7O. The summed E-state index contributed by atoms with van der Waals surface area (Å²) < 4.78 is 38.2. The first-order valence-electron chi connectivity index (χ1n) is 9.83. The number of halogens is 3. The molecule has 11 heteroatoms. The van der Waals surface area contributed by atoms with E-state index in [0.29, 0.717) is 23.6 Å². The molecular weight excluding hydrogens is 423 g/mol. The number of aryl methyl sites for hydroxylation is 1. The minimum Gasteiger partial charge on any atom is -0.365 e. The first-order chi connectivity index (χ1) is 15.2. The van der Waals surface area contributed by atoms with Gasteiger partial charge in [-0.3, -0.25) is 4.79 Å². The van der Waals surface area contributed by atoms with Crippen molar-refractivity contribution in [2.45, 2.75) is 26.9 Å². The van der Waals surface area contributed by atoms with E-state index in [2.05, 4.69) is 25.5 Å². The molecule has 0 bridgehead atoms. The number of hydrogen-bond acceptors (Lipinski definition) is 6. The van der Waals surface area contributed by atoms with Crippen LogP contribution in [0, 0.1) is 6.92 Å². The van der Waals surface area contributed by atoms with Crippen LogP contribution in [-0.2, 0) is 6.18 Å². The summed E-state index contributed by atoms with van der Waals surface area (Å²) in [5, 5.41) is 11.1. The first-order valence-corrected chi connectivity index (χ1v) is 9.83. The number of alkyl halides is 3. The van der Waals surface area contributed by atoms with Gasteiger partial charge in [0.15, 0.2) is 5.69 Å². The van der Waals surface area contributed by atoms with Crippen LogP contribution in [0.4, 0.5) is 19.0 Å². The number of aromatic nitrogens is 5. The molecule has 0 radical (unpaired) electrons. The summed E-state index contributed by atoms with van der Waals surface area (Å²) in [7, 11) is 0. The van der Waals surface area contributed by atoms with Gasteiger partial charge in [0.05, 0.1) is 24.5 Å². The Kier molecular flexibility index (Phi) is 6.86. The molecule has 0 atom stereocenters. The van der Waals surface area contributed by atoms with Crippen molar-refractivity contribution in [3.05, 3.63) is 71.6 Å². The summed E-state index contributed by atoms with van der Waals surface area (Å²) in [6, 6.07) is 5.69. The van der Waals surface area contributed by atoms with E-state index in [1.165, 1.54) is 28.2 Å². The highest BCUT2D eigenvalue weighted by molar-refractivity contribution is 5.97. The van der Waals surface area contributed by atoms with E-state index >= 15 is 0 Å². The van der Waals surface area contributed by atoms with Crippen LogP contribution >= 0.6 is 0 Å². The van der Waals surface area contributed by atoms with E-state index in [1.54, 1.807) is 32.1 Å². The maximum atomic E-state index is 13.4. The van der Waals surface area contributed by atoms with E-state index < -0.39 is 11.7 Å². The van der Waals surface area contributed by atoms with Gasteiger partial charge in [-0.05, 0) is 45.0 Å². The molecule has 0 saturated heterocycles. The van der Waals surface area contributed by atoms with Gasteiger partial charge in [-0.2, -0.15) is 23.4 Å². The molecule has 168 valence electrons. The number of amides is 1. The first kappa shape index (κ1) is 22.9. The van der Waals surface area contributed by atoms with Crippen LogP contribution in [0.5, 0.6) is 0 Å². The molecule has 3 heterocycles. The van der Waals surface area contributed by atoms with E-state index in [-0.39, 0.29) is 24.0 Å². The molecule has 1 N–H and O–H groups in total. The standard InChI is InChI=1S/C21H22F3N7O/c1-4-16(13-26-18-9-7-15(12-25-18)21(22,23)24)30(5-2)20(32)19-17(8-6-14(3)29-19)31-27-10-11-28-31/h4,6-12H,5,13H2,1-3H3,(H,25,26)/b16-4+. The number of pyridine rings is 2. The Labute approximate surface area is 182 Å². The van der Waals surface area contributed by atoms with Crippen molar-refractivity contribution in [2.75, 3.05) is 18.4 Å². The van der Waals surface area contributed by atoms with Crippen LogP contribution in [0.25, 0.3) is 5.69 Å². The topological polar surface area (TPSA) is 88.8 Å². The van der Waals surface area contributed by atoms with Gasteiger partial charge in [0.2, 0.25) is 0 Å². The second kappa shape index (κ2) is 9.58. The lowest BCUT2D eigenvalue weighted by molar-refractivity contribution is -0.137. The summed E-state index contributed by atoms with van der Waals surface area (Å²) >= 11 is 0. The number of nitrogens with one attached hydrogen (secondary N) is 1. The average Bonchev–Trinajstić information content (AvgIpc) is 3.30. The van der Waals surface area contributed by atoms with Gasteiger partial charge in [0.25, 0.3) is 5.91 Å². The molecule has 0 aromatic carbocycles. The zero-order valence-electron chi connectivity index (χ0n) is 17.8. The Hall–Kier alpha value is -3.76. The van der Waals surface area contributed by atoms with Gasteiger partial charge in [-0.1, -0.05) is 6.08 Å². The van der Waals surface area contributed by atoms with Gasteiger partial charge in [-0.25, -0.2) is 9.97 Å². The smallest absolute Gasteiger partial charge is 0.365 e. The molecule has 0 aliphatic heterocycles. The summed E-state index contributed by atoms with van der Waals surface area (Å²) in [6.45, 7) is 5.89. The lowest BCUT2D eigenvalue weighted by atomic mass is 10.2. The van der Waals surface area contributed by atoms with Crippen LogP contribution in [-0.4, -0.2) is 48.9 Å². The second-order valence-electron chi connectivity index (χ2n) is 6.75. The highest BCUT2D eigenvalue weighted by Crippen LogP contribution is 2.29. The molecule has 0 spiro atoms. The van der Waals surface area contributed by atoms with Crippen molar-refractivity contribution in [2.24, 2.45) is 0 Å². The lowest BCUT2D eigenvalue weighted by Gasteiger charge is -2.25. The number of carbonyl (C=O) groups is 1. The molecule has 3 aromatic heterocycles. The van der Waals surface area contributed by atoms with E-state index in [0.717, 1.165) is 12.3 Å². The number of hydrogen-bond donors (Lipinski definition) is 1. The minimum atomic E-state index is -4.45. The van der Waals surface area contributed by atoms with Crippen molar-refractivity contribution in [3.8, 4) is 5.69 Å². The number of carbonyl (C=O) groups excluding carboxylic acids is 1. The van der Waals surface area contributed by atoms with Crippen LogP contribution in [0.2, 0.25) is 0 Å². The normalized spacial score (nSPS) is 12.0. The molecule has 0 unspecified atom stereocenters. The minimum absolute atomic E-state index is 0.176. The quantitative estimate of drug-likeness (QED) is 0.594. The third kappa shape index (κ3) is 5.10. The zero-order valence-corrected chi connectivity index (χ0v) is 17.8. The van der Waals surface area contributed by atoms with Crippen LogP contribution < -0.4 is 5.32 Å². The molecule has 8 nitrogen and oxygen atoms in total. The molecule has 0 fully saturated rings. The Morgan fingerprint density at radius 2 is 1.91 bits per heavy atom. The van der Waals surface area contributed by atoms with Crippen molar-refractivity contribution in [1.82, 2.24) is 29.9 Å². The average molecular weight is 445 g/mol. The fraction of sp³-hybridized carbons (Fsp3) is 0.286. The van der Waals surface area contributed by atoms with Gasteiger partial charge < -0.3 is 10.2 Å². The number of anilines is 1. The fourth-order valence-electron chi connectivity index (χ4n) is 3.01. The van der Waals surface area contributed by atoms with Crippen molar-refractivity contribution in [1.29, 1.82) is 0 Å². The van der Waals surface area contributed by atoms with Crippen molar-refractivity contribution < 1.29 is 18.0 Å². The van der Waals surface area contributed by atoms with Crippen LogP contribution in [0.1, 0.15) is 35.6 Å². The molecule has 3 aromatic rings. The molecule has 0 aliphatic carbocycles. The lowest BCUT2D eigenvalue weighted by Crippen LogP contribution is -2.34. The van der Waals surface area contributed by atoms with Gasteiger partial charge in [-0.15, -0.1) is 4.80 Å². The largest absolute Gasteiger partial charge is 0.417 e. The van der Waals surface area contributed by atoms with E-state index in [4.69, 9.17) is 0 Å². The van der Waals surface area contributed by atoms with E-state index in [9.17, 15) is 18.0 Å². The SMILES string of the molecule is C/C=C(\CNc1ccc(C(F)(F)F)cn1)N(CC)C(=O)c1nc(C)ccc1-n1nccn1. The fourth-order valence-corrected chi connectivity index (χ4v) is 3.01.